The molecule has 0 saturated carbocycles. The number of amides is 1. The van der Waals surface area contributed by atoms with Gasteiger partial charge in [0.2, 0.25) is 5.91 Å². The van der Waals surface area contributed by atoms with E-state index in [0.29, 0.717) is 32.8 Å². The van der Waals surface area contributed by atoms with Gasteiger partial charge in [-0.1, -0.05) is 17.7 Å². The van der Waals surface area contributed by atoms with Crippen LogP contribution in [0.2, 0.25) is 5.02 Å². The van der Waals surface area contributed by atoms with Crippen LogP contribution in [0.1, 0.15) is 22.8 Å². The van der Waals surface area contributed by atoms with Crippen molar-refractivity contribution in [3.05, 3.63) is 55.9 Å². The van der Waals surface area contributed by atoms with Crippen LogP contribution in [0.3, 0.4) is 0 Å². The number of primary amides is 1. The number of halogens is 3. The summed E-state index contributed by atoms with van der Waals surface area (Å²) in [6, 6.07) is 7.26. The minimum atomic E-state index is -0.544. The molecule has 0 radical (unpaired) electrons. The molecule has 0 spiro atoms. The molecule has 2 aromatic carbocycles. The van der Waals surface area contributed by atoms with Gasteiger partial charge in [-0.25, -0.2) is 4.39 Å². The molecule has 0 aromatic heterocycles. The zero-order chi connectivity index (χ0) is 17.0. The SMILES string of the molecule is CCOc1cc(C(N)=O)cc(I)c1OCc1ccc(F)cc1Cl. The van der Waals surface area contributed by atoms with Crippen molar-refractivity contribution < 1.29 is 18.7 Å². The maximum atomic E-state index is 13.1. The van der Waals surface area contributed by atoms with Crippen LogP contribution in [0.25, 0.3) is 0 Å². The Balaban J connectivity index is 2.29. The van der Waals surface area contributed by atoms with Crippen molar-refractivity contribution >= 4 is 40.1 Å². The highest BCUT2D eigenvalue weighted by atomic mass is 127. The average molecular weight is 450 g/mol. The van der Waals surface area contributed by atoms with Crippen LogP contribution in [0.15, 0.2) is 30.3 Å². The second-order valence-electron chi connectivity index (χ2n) is 4.61. The predicted molar refractivity (Wildman–Crippen MR) is 94.6 cm³/mol. The summed E-state index contributed by atoms with van der Waals surface area (Å²) < 4.78 is 25.0. The van der Waals surface area contributed by atoms with Crippen LogP contribution >= 0.6 is 34.2 Å². The molecule has 0 fully saturated rings. The highest BCUT2D eigenvalue weighted by Gasteiger charge is 2.15. The zero-order valence-corrected chi connectivity index (χ0v) is 15.2. The van der Waals surface area contributed by atoms with Gasteiger partial charge in [-0.05, 0) is 53.8 Å². The minimum absolute atomic E-state index is 0.144. The van der Waals surface area contributed by atoms with E-state index in [1.54, 1.807) is 12.1 Å². The smallest absolute Gasteiger partial charge is 0.248 e. The Kier molecular flexibility index (Phi) is 6.06. The Bertz CT molecular complexity index is 740. The van der Waals surface area contributed by atoms with Crippen LogP contribution in [-0.2, 0) is 6.61 Å². The lowest BCUT2D eigenvalue weighted by Gasteiger charge is -2.15. The van der Waals surface area contributed by atoms with E-state index in [2.05, 4.69) is 0 Å². The first-order valence-corrected chi connectivity index (χ1v) is 8.21. The molecule has 0 heterocycles. The van der Waals surface area contributed by atoms with E-state index < -0.39 is 11.7 Å². The van der Waals surface area contributed by atoms with Crippen molar-refractivity contribution in [2.75, 3.05) is 6.61 Å². The summed E-state index contributed by atoms with van der Waals surface area (Å²) in [6.07, 6.45) is 0. The molecule has 0 aliphatic rings. The van der Waals surface area contributed by atoms with Crippen molar-refractivity contribution in [3.63, 3.8) is 0 Å². The number of hydrogen-bond acceptors (Lipinski definition) is 3. The summed E-state index contributed by atoms with van der Waals surface area (Å²) in [4.78, 5) is 11.3. The molecule has 4 nitrogen and oxygen atoms in total. The van der Waals surface area contributed by atoms with Gasteiger partial charge in [-0.2, -0.15) is 0 Å². The second kappa shape index (κ2) is 7.83. The van der Waals surface area contributed by atoms with Crippen molar-refractivity contribution in [2.24, 2.45) is 5.73 Å². The average Bonchev–Trinajstić information content (AvgIpc) is 2.48. The van der Waals surface area contributed by atoms with Gasteiger partial charge in [-0.3, -0.25) is 4.79 Å². The number of benzene rings is 2. The molecule has 0 aliphatic heterocycles. The molecule has 7 heteroatoms. The van der Waals surface area contributed by atoms with Gasteiger partial charge in [-0.15, -0.1) is 0 Å². The highest BCUT2D eigenvalue weighted by Crippen LogP contribution is 2.35. The third-order valence-corrected chi connectivity index (χ3v) is 4.13. The Hall–Kier alpha value is -1.54. The maximum Gasteiger partial charge on any atom is 0.248 e. The molecule has 0 saturated heterocycles. The van der Waals surface area contributed by atoms with E-state index in [9.17, 15) is 9.18 Å². The summed E-state index contributed by atoms with van der Waals surface area (Å²) in [5, 5.41) is 0.284. The number of carbonyl (C=O) groups excluding carboxylic acids is 1. The summed E-state index contributed by atoms with van der Waals surface area (Å²) in [7, 11) is 0. The molecule has 0 aliphatic carbocycles. The third-order valence-electron chi connectivity index (χ3n) is 2.98. The van der Waals surface area contributed by atoms with Crippen molar-refractivity contribution in [1.29, 1.82) is 0 Å². The lowest BCUT2D eigenvalue weighted by molar-refractivity contribution is 0.0999. The fourth-order valence-electron chi connectivity index (χ4n) is 1.90. The predicted octanol–water partition coefficient (Wildman–Crippen LogP) is 4.16. The normalized spacial score (nSPS) is 10.4. The largest absolute Gasteiger partial charge is 0.490 e. The monoisotopic (exact) mass is 449 g/mol. The number of carbonyl (C=O) groups is 1. The highest BCUT2D eigenvalue weighted by molar-refractivity contribution is 14.1. The van der Waals surface area contributed by atoms with E-state index in [4.69, 9.17) is 26.8 Å². The number of ether oxygens (including phenoxy) is 2. The van der Waals surface area contributed by atoms with Crippen LogP contribution in [0, 0.1) is 9.39 Å². The van der Waals surface area contributed by atoms with E-state index >= 15 is 0 Å². The lowest BCUT2D eigenvalue weighted by atomic mass is 10.2. The molecule has 1 amide bonds. The molecule has 2 N–H and O–H groups in total. The van der Waals surface area contributed by atoms with Gasteiger partial charge in [0.25, 0.3) is 0 Å². The van der Waals surface area contributed by atoms with E-state index in [0.717, 1.165) is 0 Å². The topological polar surface area (TPSA) is 61.5 Å². The van der Waals surface area contributed by atoms with Crippen LogP contribution in [-0.4, -0.2) is 12.5 Å². The minimum Gasteiger partial charge on any atom is -0.490 e. The first-order valence-electron chi connectivity index (χ1n) is 6.75. The molecular weight excluding hydrogens is 436 g/mol. The molecule has 0 unspecified atom stereocenters. The summed E-state index contributed by atoms with van der Waals surface area (Å²) >= 11 is 8.02. The van der Waals surface area contributed by atoms with Crippen molar-refractivity contribution in [2.45, 2.75) is 13.5 Å². The van der Waals surface area contributed by atoms with Gasteiger partial charge >= 0.3 is 0 Å². The first-order chi connectivity index (χ1) is 10.9. The fourth-order valence-corrected chi connectivity index (χ4v) is 2.88. The Morgan fingerprint density at radius 1 is 1.30 bits per heavy atom. The summed E-state index contributed by atoms with van der Waals surface area (Å²) in [5.74, 6) is -0.0459. The van der Waals surface area contributed by atoms with Gasteiger partial charge in [0.1, 0.15) is 12.4 Å². The fraction of sp³-hybridized carbons (Fsp3) is 0.188. The lowest BCUT2D eigenvalue weighted by Crippen LogP contribution is -2.12. The van der Waals surface area contributed by atoms with Gasteiger partial charge in [0, 0.05) is 11.1 Å². The molecule has 23 heavy (non-hydrogen) atoms. The van der Waals surface area contributed by atoms with E-state index in [-0.39, 0.29) is 11.6 Å². The molecule has 0 atom stereocenters. The quantitative estimate of drug-likeness (QED) is 0.674. The summed E-state index contributed by atoms with van der Waals surface area (Å²) in [5.41, 5.74) is 6.29. The standard InChI is InChI=1S/C16H14ClFINO3/c1-2-22-14-6-10(16(20)21)5-13(19)15(14)23-8-9-3-4-11(18)7-12(9)17/h3-7H,2,8H2,1H3,(H2,20,21). The van der Waals surface area contributed by atoms with Crippen LogP contribution in [0.4, 0.5) is 4.39 Å². The molecule has 2 rings (SSSR count). The maximum absolute atomic E-state index is 13.1. The number of rotatable bonds is 6. The van der Waals surface area contributed by atoms with Crippen LogP contribution < -0.4 is 15.2 Å². The zero-order valence-electron chi connectivity index (χ0n) is 12.2. The number of hydrogen-bond donors (Lipinski definition) is 1. The molecular formula is C16H14ClFINO3. The van der Waals surface area contributed by atoms with Gasteiger partial charge < -0.3 is 15.2 Å². The molecule has 2 aromatic rings. The number of nitrogens with two attached hydrogens (primary N) is 1. The Morgan fingerprint density at radius 3 is 2.65 bits per heavy atom. The Labute approximate surface area is 151 Å². The van der Waals surface area contributed by atoms with Crippen LogP contribution in [0.5, 0.6) is 11.5 Å². The molecule has 122 valence electrons. The Morgan fingerprint density at radius 2 is 2.04 bits per heavy atom. The van der Waals surface area contributed by atoms with E-state index in [1.165, 1.54) is 18.2 Å². The third kappa shape index (κ3) is 4.48. The summed E-state index contributed by atoms with van der Waals surface area (Å²) in [6.45, 7) is 2.38. The first kappa shape index (κ1) is 17.8. The van der Waals surface area contributed by atoms with E-state index in [1.807, 2.05) is 29.5 Å². The molecule has 0 bridgehead atoms. The van der Waals surface area contributed by atoms with Gasteiger partial charge in [0.05, 0.1) is 15.2 Å². The van der Waals surface area contributed by atoms with Crippen molar-refractivity contribution in [1.82, 2.24) is 0 Å². The van der Waals surface area contributed by atoms with Gasteiger partial charge in [0.15, 0.2) is 11.5 Å². The second-order valence-corrected chi connectivity index (χ2v) is 6.18. The van der Waals surface area contributed by atoms with Crippen molar-refractivity contribution in [3.8, 4) is 11.5 Å².